The molecule has 0 amide bonds. The molecule has 0 aromatic heterocycles. The number of benzene rings is 3. The Balaban J connectivity index is 1.36. The first-order valence-corrected chi connectivity index (χ1v) is 14.9. The third-order valence-electron chi connectivity index (χ3n) is 6.83. The number of nitrogens with zero attached hydrogens (tertiary/aromatic N) is 3. The molecule has 2 saturated heterocycles. The van der Waals surface area contributed by atoms with E-state index in [0.717, 1.165) is 16.4 Å². The SMILES string of the molecule is CN(C)S(=O)(=O)c1ccc(S(=O)(=O)Nc2ccccc2N2C[C@H]3C[C@@H]2CN3c2ccc(Cl)cc2F)cc1. The Morgan fingerprint density at radius 2 is 1.46 bits per heavy atom. The molecule has 0 unspecified atom stereocenters. The van der Waals surface area contributed by atoms with Crippen LogP contribution in [0.2, 0.25) is 5.02 Å². The molecule has 196 valence electrons. The highest BCUT2D eigenvalue weighted by atomic mass is 35.5. The smallest absolute Gasteiger partial charge is 0.261 e. The Morgan fingerprint density at radius 3 is 2.05 bits per heavy atom. The van der Waals surface area contributed by atoms with Gasteiger partial charge in [-0.1, -0.05) is 23.7 Å². The first-order valence-electron chi connectivity index (χ1n) is 11.6. The van der Waals surface area contributed by atoms with Gasteiger partial charge in [-0.25, -0.2) is 25.5 Å². The Labute approximate surface area is 221 Å². The van der Waals surface area contributed by atoms with Crippen molar-refractivity contribution < 1.29 is 21.2 Å². The van der Waals surface area contributed by atoms with Crippen molar-refractivity contribution in [3.8, 4) is 0 Å². The largest absolute Gasteiger partial charge is 0.363 e. The summed E-state index contributed by atoms with van der Waals surface area (Å²) >= 11 is 5.91. The van der Waals surface area contributed by atoms with Gasteiger partial charge in [0.15, 0.2) is 0 Å². The van der Waals surface area contributed by atoms with Crippen LogP contribution < -0.4 is 14.5 Å². The van der Waals surface area contributed by atoms with Crippen LogP contribution >= 0.6 is 11.6 Å². The third-order valence-corrected chi connectivity index (χ3v) is 10.3. The van der Waals surface area contributed by atoms with E-state index in [1.54, 1.807) is 24.3 Å². The van der Waals surface area contributed by atoms with Gasteiger partial charge in [-0.05, 0) is 61.0 Å². The quantitative estimate of drug-likeness (QED) is 0.467. The van der Waals surface area contributed by atoms with E-state index in [4.69, 9.17) is 11.6 Å². The maximum absolute atomic E-state index is 14.5. The highest BCUT2D eigenvalue weighted by Crippen LogP contribution is 2.41. The zero-order valence-corrected chi connectivity index (χ0v) is 22.6. The number of para-hydroxylation sites is 2. The maximum Gasteiger partial charge on any atom is 0.261 e. The van der Waals surface area contributed by atoms with Crippen LogP contribution in [0.1, 0.15) is 6.42 Å². The lowest BCUT2D eigenvalue weighted by Gasteiger charge is -2.37. The van der Waals surface area contributed by atoms with Crippen molar-refractivity contribution in [1.82, 2.24) is 4.31 Å². The molecule has 3 aromatic rings. The molecule has 2 aliphatic rings. The molecule has 0 aliphatic carbocycles. The number of rotatable bonds is 7. The van der Waals surface area contributed by atoms with Gasteiger partial charge in [0.25, 0.3) is 10.0 Å². The second-order valence-corrected chi connectivity index (χ2v) is 13.6. The van der Waals surface area contributed by atoms with Crippen LogP contribution in [-0.4, -0.2) is 60.4 Å². The minimum Gasteiger partial charge on any atom is -0.363 e. The number of fused-ring (bicyclic) bond motifs is 2. The van der Waals surface area contributed by atoms with E-state index in [0.29, 0.717) is 29.5 Å². The van der Waals surface area contributed by atoms with Gasteiger partial charge in [0.05, 0.1) is 26.9 Å². The molecule has 2 fully saturated rings. The molecule has 2 bridgehead atoms. The zero-order chi connectivity index (χ0) is 26.5. The molecule has 0 radical (unpaired) electrons. The van der Waals surface area contributed by atoms with Crippen molar-refractivity contribution in [2.75, 3.05) is 41.7 Å². The molecule has 3 aromatic carbocycles. The van der Waals surface area contributed by atoms with E-state index < -0.39 is 20.0 Å². The second kappa shape index (κ2) is 9.46. The number of hydrogen-bond acceptors (Lipinski definition) is 6. The average Bonchev–Trinajstić information content (AvgIpc) is 3.45. The summed E-state index contributed by atoms with van der Waals surface area (Å²) in [5.41, 5.74) is 1.68. The number of anilines is 3. The van der Waals surface area contributed by atoms with Gasteiger partial charge in [0, 0.05) is 44.3 Å². The summed E-state index contributed by atoms with van der Waals surface area (Å²) in [4.78, 5) is 4.15. The highest BCUT2D eigenvalue weighted by Gasteiger charge is 2.44. The number of sulfonamides is 2. The second-order valence-electron chi connectivity index (χ2n) is 9.33. The van der Waals surface area contributed by atoms with E-state index in [1.807, 2.05) is 17.0 Å². The number of hydrogen-bond donors (Lipinski definition) is 1. The molecule has 0 saturated carbocycles. The van der Waals surface area contributed by atoms with Gasteiger partial charge in [-0.15, -0.1) is 0 Å². The third kappa shape index (κ3) is 4.76. The fourth-order valence-electron chi connectivity index (χ4n) is 4.99. The van der Waals surface area contributed by atoms with Gasteiger partial charge in [0.2, 0.25) is 10.0 Å². The molecular formula is C25H26ClFN4O4S2. The predicted octanol–water partition coefficient (Wildman–Crippen LogP) is 4.00. The highest BCUT2D eigenvalue weighted by molar-refractivity contribution is 7.92. The predicted molar refractivity (Wildman–Crippen MR) is 143 cm³/mol. The summed E-state index contributed by atoms with van der Waals surface area (Å²) in [6, 6.07) is 17.1. The topological polar surface area (TPSA) is 90.0 Å². The molecule has 8 nitrogen and oxygen atoms in total. The molecule has 0 spiro atoms. The standard InChI is InChI=1S/C25H26ClFN4O4S2/c1-29(2)37(34,35)21-10-8-20(9-11-21)36(32,33)28-23-5-3-4-6-25(23)31-16-18-14-19(31)15-30(18)24-12-7-17(26)13-22(24)27/h3-13,18-19,28H,14-16H2,1-2H3/t18-,19-/m1/s1. The number of piperazine rings is 1. The van der Waals surface area contributed by atoms with Crippen LogP contribution in [0.25, 0.3) is 0 Å². The summed E-state index contributed by atoms with van der Waals surface area (Å²) in [6.07, 6.45) is 0.824. The summed E-state index contributed by atoms with van der Waals surface area (Å²) in [5.74, 6) is -0.357. The summed E-state index contributed by atoms with van der Waals surface area (Å²) in [6.45, 7) is 1.22. The first kappa shape index (κ1) is 25.8. The minimum absolute atomic E-state index is 0.00613. The van der Waals surface area contributed by atoms with Crippen LogP contribution in [0.5, 0.6) is 0 Å². The molecule has 1 N–H and O–H groups in total. The molecule has 2 aliphatic heterocycles. The Hall–Kier alpha value is -2.86. The van der Waals surface area contributed by atoms with Crippen LogP contribution in [-0.2, 0) is 20.0 Å². The van der Waals surface area contributed by atoms with Crippen molar-refractivity contribution >= 4 is 48.7 Å². The average molecular weight is 565 g/mol. The van der Waals surface area contributed by atoms with Crippen LogP contribution in [0.15, 0.2) is 76.5 Å². The summed E-state index contributed by atoms with van der Waals surface area (Å²) < 4.78 is 69.2. The van der Waals surface area contributed by atoms with Crippen LogP contribution in [0, 0.1) is 5.82 Å². The van der Waals surface area contributed by atoms with Gasteiger partial charge in [-0.2, -0.15) is 0 Å². The van der Waals surface area contributed by atoms with Crippen molar-refractivity contribution in [1.29, 1.82) is 0 Å². The van der Waals surface area contributed by atoms with Gasteiger partial charge in [-0.3, -0.25) is 4.72 Å². The molecule has 5 rings (SSSR count). The lowest BCUT2D eigenvalue weighted by Crippen LogP contribution is -2.47. The van der Waals surface area contributed by atoms with Crippen molar-refractivity contribution in [3.05, 3.63) is 77.6 Å². The summed E-state index contributed by atoms with van der Waals surface area (Å²) in [5, 5.41) is 0.349. The number of halogens is 2. The number of nitrogens with one attached hydrogen (secondary N) is 1. The zero-order valence-electron chi connectivity index (χ0n) is 20.2. The van der Waals surface area contributed by atoms with E-state index in [-0.39, 0.29) is 27.7 Å². The fourth-order valence-corrected chi connectivity index (χ4v) is 7.12. The molecule has 2 atom stereocenters. The fraction of sp³-hybridized carbons (Fsp3) is 0.280. The molecule has 12 heteroatoms. The lowest BCUT2D eigenvalue weighted by atomic mass is 10.2. The maximum atomic E-state index is 14.5. The van der Waals surface area contributed by atoms with Gasteiger partial charge < -0.3 is 9.80 Å². The van der Waals surface area contributed by atoms with Crippen LogP contribution in [0.4, 0.5) is 21.5 Å². The molecular weight excluding hydrogens is 539 g/mol. The Kier molecular flexibility index (Phi) is 6.59. The first-order chi connectivity index (χ1) is 17.5. The van der Waals surface area contributed by atoms with Gasteiger partial charge in [0.1, 0.15) is 5.82 Å². The lowest BCUT2D eigenvalue weighted by molar-refractivity contribution is 0.520. The summed E-state index contributed by atoms with van der Waals surface area (Å²) in [7, 11) is -4.83. The van der Waals surface area contributed by atoms with E-state index in [1.165, 1.54) is 44.4 Å². The normalized spacial score (nSPS) is 19.6. The monoisotopic (exact) mass is 564 g/mol. The Bertz CT molecular complexity index is 1550. The van der Waals surface area contributed by atoms with Crippen LogP contribution in [0.3, 0.4) is 0 Å². The minimum atomic E-state index is -3.98. The van der Waals surface area contributed by atoms with Crippen molar-refractivity contribution in [3.63, 3.8) is 0 Å². The van der Waals surface area contributed by atoms with E-state index in [9.17, 15) is 21.2 Å². The molecule has 37 heavy (non-hydrogen) atoms. The van der Waals surface area contributed by atoms with Gasteiger partial charge >= 0.3 is 0 Å². The Morgan fingerprint density at radius 1 is 0.865 bits per heavy atom. The van der Waals surface area contributed by atoms with E-state index in [2.05, 4.69) is 9.62 Å². The molecule has 2 heterocycles. The van der Waals surface area contributed by atoms with Crippen molar-refractivity contribution in [2.45, 2.75) is 28.3 Å². The van der Waals surface area contributed by atoms with Crippen molar-refractivity contribution in [2.24, 2.45) is 0 Å². The van der Waals surface area contributed by atoms with E-state index >= 15 is 0 Å².